The van der Waals surface area contributed by atoms with Crippen molar-refractivity contribution in [1.82, 2.24) is 29.4 Å². The van der Waals surface area contributed by atoms with E-state index in [1.54, 1.807) is 4.52 Å². The van der Waals surface area contributed by atoms with E-state index in [4.69, 9.17) is 0 Å². The van der Waals surface area contributed by atoms with E-state index in [0.717, 1.165) is 61.6 Å². The molecule has 4 heterocycles. The Morgan fingerprint density at radius 2 is 2.00 bits per heavy atom. The average Bonchev–Trinajstić information content (AvgIpc) is 3.16. The van der Waals surface area contributed by atoms with Gasteiger partial charge in [-0.3, -0.25) is 9.78 Å². The molecular weight excluding hydrogens is 376 g/mol. The van der Waals surface area contributed by atoms with Crippen LogP contribution in [0.2, 0.25) is 0 Å². The molecule has 1 amide bonds. The number of likely N-dealkylation sites (tertiary alicyclic amines) is 1. The van der Waals surface area contributed by atoms with Crippen molar-refractivity contribution in [3.8, 4) is 0 Å². The van der Waals surface area contributed by atoms with Crippen molar-refractivity contribution in [3.05, 3.63) is 59.3 Å². The number of nitrogens with zero attached hydrogens (tertiary/aromatic N) is 6. The van der Waals surface area contributed by atoms with Gasteiger partial charge in [-0.2, -0.15) is 5.10 Å². The number of fused-ring (bicyclic) bond motifs is 1. The second kappa shape index (κ2) is 8.92. The highest BCUT2D eigenvalue weighted by atomic mass is 16.2. The third-order valence-electron chi connectivity index (χ3n) is 5.99. The number of carbonyl (C=O) groups is 1. The Balaban J connectivity index is 1.59. The first kappa shape index (κ1) is 20.5. The number of aryl methyl sites for hydroxylation is 2. The lowest BCUT2D eigenvalue weighted by Gasteiger charge is -2.38. The summed E-state index contributed by atoms with van der Waals surface area (Å²) in [5.74, 6) is 0.00494. The highest BCUT2D eigenvalue weighted by molar-refractivity contribution is 5.93. The Kier molecular flexibility index (Phi) is 6.08. The maximum Gasteiger partial charge on any atom is 0.272 e. The largest absolute Gasteiger partial charge is 0.334 e. The first-order valence-electron chi connectivity index (χ1n) is 10.8. The van der Waals surface area contributed by atoms with Gasteiger partial charge in [0.25, 0.3) is 5.91 Å². The molecule has 0 aliphatic carbocycles. The Bertz CT molecular complexity index is 1010. The minimum atomic E-state index is 0.00494. The monoisotopic (exact) mass is 406 g/mol. The highest BCUT2D eigenvalue weighted by Gasteiger charge is 2.29. The number of hydrogen-bond donors (Lipinski definition) is 0. The minimum Gasteiger partial charge on any atom is -0.334 e. The lowest BCUT2D eigenvalue weighted by atomic mass is 10.0. The minimum absolute atomic E-state index is 0.00494. The number of rotatable bonds is 6. The van der Waals surface area contributed by atoms with Gasteiger partial charge in [0.1, 0.15) is 5.69 Å². The molecule has 0 aromatic carbocycles. The predicted octanol–water partition coefficient (Wildman–Crippen LogP) is 2.91. The molecule has 0 spiro atoms. The van der Waals surface area contributed by atoms with Crippen LogP contribution in [0.3, 0.4) is 0 Å². The van der Waals surface area contributed by atoms with Crippen LogP contribution in [0, 0.1) is 13.8 Å². The van der Waals surface area contributed by atoms with Gasteiger partial charge in [-0.15, -0.1) is 0 Å². The van der Waals surface area contributed by atoms with Crippen molar-refractivity contribution < 1.29 is 4.79 Å². The van der Waals surface area contributed by atoms with Gasteiger partial charge in [-0.05, 0) is 51.4 Å². The van der Waals surface area contributed by atoms with Gasteiger partial charge < -0.3 is 9.80 Å². The molecule has 1 aliphatic heterocycles. The normalized spacial score (nSPS) is 15.6. The van der Waals surface area contributed by atoms with Crippen LogP contribution in [0.25, 0.3) is 5.65 Å². The molecule has 3 aromatic rings. The second-order valence-corrected chi connectivity index (χ2v) is 8.07. The van der Waals surface area contributed by atoms with Gasteiger partial charge in [0.05, 0.1) is 5.69 Å². The van der Waals surface area contributed by atoms with E-state index in [0.29, 0.717) is 12.2 Å². The van der Waals surface area contributed by atoms with Crippen LogP contribution >= 0.6 is 0 Å². The number of amides is 1. The predicted molar refractivity (Wildman–Crippen MR) is 117 cm³/mol. The molecule has 30 heavy (non-hydrogen) atoms. The van der Waals surface area contributed by atoms with Crippen LogP contribution in [0.5, 0.6) is 0 Å². The summed E-state index contributed by atoms with van der Waals surface area (Å²) in [5.41, 5.74) is 4.04. The molecule has 0 unspecified atom stereocenters. The molecule has 0 radical (unpaired) electrons. The maximum atomic E-state index is 13.6. The molecule has 1 saturated heterocycles. The molecule has 7 nitrogen and oxygen atoms in total. The van der Waals surface area contributed by atoms with Gasteiger partial charge in [0.15, 0.2) is 5.65 Å². The third-order valence-corrected chi connectivity index (χ3v) is 5.99. The van der Waals surface area contributed by atoms with Crippen molar-refractivity contribution in [1.29, 1.82) is 0 Å². The summed E-state index contributed by atoms with van der Waals surface area (Å²) in [4.78, 5) is 27.2. The lowest BCUT2D eigenvalue weighted by molar-refractivity contribution is 0.0573. The smallest absolute Gasteiger partial charge is 0.272 e. The van der Waals surface area contributed by atoms with Crippen LogP contribution < -0.4 is 0 Å². The summed E-state index contributed by atoms with van der Waals surface area (Å²) in [6.45, 7) is 9.87. The molecular formula is C23H30N6O. The van der Waals surface area contributed by atoms with Crippen molar-refractivity contribution >= 4 is 11.6 Å². The Hall–Kier alpha value is -2.80. The number of hydrogen-bond acceptors (Lipinski definition) is 5. The van der Waals surface area contributed by atoms with Crippen LogP contribution in [0.1, 0.15) is 47.3 Å². The molecule has 7 heteroatoms. The second-order valence-electron chi connectivity index (χ2n) is 8.07. The standard InChI is InChI=1S/C23H30N6O/c1-4-27-12-9-20(10-13-27)28(14-8-19-7-5-6-11-24-19)23(30)21-16-18(3)29-22(25-21)15-17(2)26-29/h5-7,11,15-16,20H,4,8-10,12-14H2,1-3H3. The number of piperidine rings is 1. The van der Waals surface area contributed by atoms with E-state index in [9.17, 15) is 4.79 Å². The maximum absolute atomic E-state index is 13.6. The molecule has 158 valence electrons. The van der Waals surface area contributed by atoms with Crippen LogP contribution in [0.15, 0.2) is 36.5 Å². The van der Waals surface area contributed by atoms with E-state index in [2.05, 4.69) is 26.9 Å². The number of carbonyl (C=O) groups excluding carboxylic acids is 1. The Morgan fingerprint density at radius 1 is 1.20 bits per heavy atom. The summed E-state index contributed by atoms with van der Waals surface area (Å²) in [5, 5.41) is 4.46. The van der Waals surface area contributed by atoms with Gasteiger partial charge in [-0.25, -0.2) is 9.50 Å². The molecule has 0 atom stereocenters. The molecule has 0 saturated carbocycles. The molecule has 1 fully saturated rings. The summed E-state index contributed by atoms with van der Waals surface area (Å²) in [6, 6.07) is 9.94. The fraction of sp³-hybridized carbons (Fsp3) is 0.478. The van der Waals surface area contributed by atoms with E-state index in [-0.39, 0.29) is 11.9 Å². The zero-order valence-electron chi connectivity index (χ0n) is 18.1. The third kappa shape index (κ3) is 4.36. The van der Waals surface area contributed by atoms with Gasteiger partial charge in [0.2, 0.25) is 0 Å². The molecule has 1 aliphatic rings. The van der Waals surface area contributed by atoms with Gasteiger partial charge in [-0.1, -0.05) is 13.0 Å². The fourth-order valence-electron chi connectivity index (χ4n) is 4.27. The van der Waals surface area contributed by atoms with Gasteiger partial charge in [0, 0.05) is 55.7 Å². The van der Waals surface area contributed by atoms with Gasteiger partial charge >= 0.3 is 0 Å². The summed E-state index contributed by atoms with van der Waals surface area (Å²) in [6.07, 6.45) is 4.54. The Morgan fingerprint density at radius 3 is 2.70 bits per heavy atom. The summed E-state index contributed by atoms with van der Waals surface area (Å²) in [7, 11) is 0. The highest BCUT2D eigenvalue weighted by Crippen LogP contribution is 2.20. The molecule has 0 N–H and O–H groups in total. The SMILES string of the molecule is CCN1CCC(N(CCc2ccccn2)C(=O)c2cc(C)n3nc(C)cc3n2)CC1. The number of pyridine rings is 1. The van der Waals surface area contributed by atoms with Crippen LogP contribution in [0.4, 0.5) is 0 Å². The van der Waals surface area contributed by atoms with Crippen LogP contribution in [-0.2, 0) is 6.42 Å². The first-order chi connectivity index (χ1) is 14.5. The zero-order chi connectivity index (χ0) is 21.1. The van der Waals surface area contributed by atoms with E-state index >= 15 is 0 Å². The van der Waals surface area contributed by atoms with Crippen molar-refractivity contribution in [3.63, 3.8) is 0 Å². The quantitative estimate of drug-likeness (QED) is 0.630. The molecule has 0 bridgehead atoms. The van der Waals surface area contributed by atoms with Crippen molar-refractivity contribution in [2.75, 3.05) is 26.2 Å². The van der Waals surface area contributed by atoms with Crippen molar-refractivity contribution in [2.24, 2.45) is 0 Å². The van der Waals surface area contributed by atoms with Crippen LogP contribution in [-0.4, -0.2) is 67.5 Å². The zero-order valence-corrected chi connectivity index (χ0v) is 18.1. The number of aromatic nitrogens is 4. The first-order valence-corrected chi connectivity index (χ1v) is 10.8. The molecule has 4 rings (SSSR count). The topological polar surface area (TPSA) is 66.6 Å². The van der Waals surface area contributed by atoms with E-state index in [1.165, 1.54) is 0 Å². The Labute approximate surface area is 177 Å². The fourth-order valence-corrected chi connectivity index (χ4v) is 4.27. The van der Waals surface area contributed by atoms with E-state index < -0.39 is 0 Å². The summed E-state index contributed by atoms with van der Waals surface area (Å²) >= 11 is 0. The van der Waals surface area contributed by atoms with E-state index in [1.807, 2.05) is 55.3 Å². The van der Waals surface area contributed by atoms with Crippen molar-refractivity contribution in [2.45, 2.75) is 46.1 Å². The molecule has 3 aromatic heterocycles. The lowest BCUT2D eigenvalue weighted by Crippen LogP contribution is -2.48. The average molecular weight is 407 g/mol. The summed E-state index contributed by atoms with van der Waals surface area (Å²) < 4.78 is 1.80.